The van der Waals surface area contributed by atoms with Gasteiger partial charge in [-0.15, -0.1) is 12.4 Å². The molecule has 156 valence electrons. The van der Waals surface area contributed by atoms with Gasteiger partial charge in [0.25, 0.3) is 0 Å². The number of H-pyrrole nitrogens is 1. The highest BCUT2D eigenvalue weighted by molar-refractivity contribution is 9.10. The van der Waals surface area contributed by atoms with E-state index in [1.165, 1.54) is 6.07 Å². The molecule has 1 aromatic heterocycles. The van der Waals surface area contributed by atoms with Crippen LogP contribution in [0.3, 0.4) is 0 Å². The van der Waals surface area contributed by atoms with Gasteiger partial charge in [-0.1, -0.05) is 15.9 Å². The first-order chi connectivity index (χ1) is 12.8. The predicted octanol–water partition coefficient (Wildman–Crippen LogP) is 4.35. The van der Waals surface area contributed by atoms with Crippen molar-refractivity contribution in [2.75, 3.05) is 26.3 Å². The van der Waals surface area contributed by atoms with Gasteiger partial charge in [0.2, 0.25) is 0 Å². The first-order valence-electron chi connectivity index (χ1n) is 9.17. The smallest absolute Gasteiger partial charge is 0.381 e. The minimum Gasteiger partial charge on any atom is -0.381 e. The van der Waals surface area contributed by atoms with E-state index >= 15 is 0 Å². The molecule has 0 aliphatic carbocycles. The summed E-state index contributed by atoms with van der Waals surface area (Å²) < 4.78 is 46.3. The van der Waals surface area contributed by atoms with Crippen LogP contribution in [0.5, 0.6) is 0 Å². The second-order valence-electron chi connectivity index (χ2n) is 7.26. The second kappa shape index (κ2) is 8.38. The highest BCUT2D eigenvalue weighted by atomic mass is 79.9. The molecule has 3 heterocycles. The molecule has 0 bridgehead atoms. The zero-order valence-corrected chi connectivity index (χ0v) is 17.5. The van der Waals surface area contributed by atoms with E-state index in [0.29, 0.717) is 11.6 Å². The third-order valence-corrected chi connectivity index (χ3v) is 6.34. The van der Waals surface area contributed by atoms with Crippen LogP contribution in [0, 0.1) is 0 Å². The summed E-state index contributed by atoms with van der Waals surface area (Å²) in [5.41, 5.74) is -0.384. The molecule has 2 aliphatic rings. The molecule has 1 aromatic carbocycles. The molecule has 0 saturated carbocycles. The van der Waals surface area contributed by atoms with Gasteiger partial charge in [-0.3, -0.25) is 4.57 Å². The molecule has 4 rings (SSSR count). The number of alkyl halides is 3. The standard InChI is InChI=1S/C18H21BrF3N3O2.ClH/c19-14-10-16-15(9-13(14)18(20,21)22)23-17(26)25(16)12-1-5-24(6-2-12)11-3-7-27-8-4-11;/h9-12H,1-8H2,(H,23,26);1H. The average Bonchev–Trinajstić information content (AvgIpc) is 2.96. The maximum absolute atomic E-state index is 13.1. The lowest BCUT2D eigenvalue weighted by Gasteiger charge is -2.39. The minimum absolute atomic E-state index is 0. The number of aromatic amines is 1. The van der Waals surface area contributed by atoms with Crippen molar-refractivity contribution in [2.45, 2.75) is 43.9 Å². The number of rotatable bonds is 2. The quantitative estimate of drug-likeness (QED) is 0.690. The first-order valence-corrected chi connectivity index (χ1v) is 9.96. The fraction of sp³-hybridized carbons (Fsp3) is 0.611. The molecule has 28 heavy (non-hydrogen) atoms. The number of ether oxygens (including phenoxy) is 1. The molecule has 0 spiro atoms. The monoisotopic (exact) mass is 483 g/mol. The summed E-state index contributed by atoms with van der Waals surface area (Å²) in [6.07, 6.45) is -0.789. The maximum atomic E-state index is 13.1. The van der Waals surface area contributed by atoms with Gasteiger partial charge >= 0.3 is 11.9 Å². The zero-order chi connectivity index (χ0) is 19.2. The molecular formula is C18H22BrClF3N3O2. The van der Waals surface area contributed by atoms with Crippen molar-refractivity contribution >= 4 is 39.4 Å². The van der Waals surface area contributed by atoms with Gasteiger partial charge in [0.1, 0.15) is 0 Å². The maximum Gasteiger partial charge on any atom is 0.417 e. The lowest BCUT2D eigenvalue weighted by Crippen LogP contribution is -2.45. The van der Waals surface area contributed by atoms with Crippen molar-refractivity contribution in [1.82, 2.24) is 14.5 Å². The van der Waals surface area contributed by atoms with Crippen LogP contribution in [-0.4, -0.2) is 46.8 Å². The molecule has 2 fully saturated rings. The van der Waals surface area contributed by atoms with E-state index in [1.807, 2.05) is 0 Å². The molecule has 0 amide bonds. The molecule has 0 unspecified atom stereocenters. The van der Waals surface area contributed by atoms with Crippen molar-refractivity contribution in [3.05, 3.63) is 32.7 Å². The Hall–Kier alpha value is -1.03. The van der Waals surface area contributed by atoms with Crippen LogP contribution < -0.4 is 5.69 Å². The molecule has 10 heteroatoms. The van der Waals surface area contributed by atoms with Crippen molar-refractivity contribution in [3.63, 3.8) is 0 Å². The molecule has 5 nitrogen and oxygen atoms in total. The van der Waals surface area contributed by atoms with Crippen LogP contribution in [0.4, 0.5) is 13.2 Å². The first kappa shape index (κ1) is 21.7. The summed E-state index contributed by atoms with van der Waals surface area (Å²) in [5, 5.41) is 0. The lowest BCUT2D eigenvalue weighted by molar-refractivity contribution is -0.138. The van der Waals surface area contributed by atoms with Gasteiger partial charge in [0.05, 0.1) is 16.6 Å². The lowest BCUT2D eigenvalue weighted by atomic mass is 9.99. The van der Waals surface area contributed by atoms with E-state index in [-0.39, 0.29) is 34.1 Å². The third-order valence-electron chi connectivity index (χ3n) is 5.68. The number of fused-ring (bicyclic) bond motifs is 1. The van der Waals surface area contributed by atoms with Crippen LogP contribution in [0.15, 0.2) is 21.4 Å². The fourth-order valence-corrected chi connectivity index (χ4v) is 4.84. The Morgan fingerprint density at radius 3 is 2.32 bits per heavy atom. The number of piperidine rings is 1. The van der Waals surface area contributed by atoms with E-state index in [4.69, 9.17) is 4.74 Å². The number of hydrogen-bond acceptors (Lipinski definition) is 3. The summed E-state index contributed by atoms with van der Waals surface area (Å²) in [7, 11) is 0. The van der Waals surface area contributed by atoms with Gasteiger partial charge < -0.3 is 14.6 Å². The van der Waals surface area contributed by atoms with E-state index in [9.17, 15) is 18.0 Å². The van der Waals surface area contributed by atoms with E-state index in [2.05, 4.69) is 25.8 Å². The zero-order valence-electron chi connectivity index (χ0n) is 15.1. The number of imidazole rings is 1. The minimum atomic E-state index is -4.47. The molecule has 0 radical (unpaired) electrons. The number of halogens is 5. The Labute approximate surface area is 174 Å². The van der Waals surface area contributed by atoms with Crippen LogP contribution >= 0.6 is 28.3 Å². The van der Waals surface area contributed by atoms with Gasteiger partial charge in [0, 0.05) is 42.9 Å². The molecular weight excluding hydrogens is 463 g/mol. The van der Waals surface area contributed by atoms with E-state index in [0.717, 1.165) is 58.1 Å². The Balaban J connectivity index is 0.00000225. The fourth-order valence-electron chi connectivity index (χ4n) is 4.29. The molecule has 2 aliphatic heterocycles. The number of likely N-dealkylation sites (tertiary alicyclic amines) is 1. The number of nitrogens with zero attached hydrogens (tertiary/aromatic N) is 2. The van der Waals surface area contributed by atoms with Crippen LogP contribution in [0.25, 0.3) is 11.0 Å². The SMILES string of the molecule is Cl.O=c1[nH]c2cc(C(F)(F)F)c(Br)cc2n1C1CCN(C2CCOCC2)CC1. The third kappa shape index (κ3) is 4.13. The summed E-state index contributed by atoms with van der Waals surface area (Å²) in [4.78, 5) is 17.5. The van der Waals surface area contributed by atoms with E-state index in [1.54, 1.807) is 4.57 Å². The van der Waals surface area contributed by atoms with Crippen LogP contribution in [0.2, 0.25) is 0 Å². The topological polar surface area (TPSA) is 50.3 Å². The van der Waals surface area contributed by atoms with Gasteiger partial charge in [-0.2, -0.15) is 13.2 Å². The second-order valence-corrected chi connectivity index (χ2v) is 8.11. The normalized spacial score (nSPS) is 20.4. The Morgan fingerprint density at radius 1 is 1.07 bits per heavy atom. The van der Waals surface area contributed by atoms with Crippen molar-refractivity contribution in [1.29, 1.82) is 0 Å². The summed E-state index contributed by atoms with van der Waals surface area (Å²) in [6, 6.07) is 2.93. The Morgan fingerprint density at radius 2 is 1.71 bits per heavy atom. The summed E-state index contributed by atoms with van der Waals surface area (Å²) in [5.74, 6) is 0. The van der Waals surface area contributed by atoms with Crippen LogP contribution in [-0.2, 0) is 10.9 Å². The van der Waals surface area contributed by atoms with Crippen LogP contribution in [0.1, 0.15) is 37.3 Å². The highest BCUT2D eigenvalue weighted by Crippen LogP contribution is 2.37. The molecule has 1 N–H and O–H groups in total. The number of hydrogen-bond donors (Lipinski definition) is 1. The molecule has 2 saturated heterocycles. The van der Waals surface area contributed by atoms with Gasteiger partial charge in [-0.05, 0) is 37.8 Å². The molecule has 0 atom stereocenters. The van der Waals surface area contributed by atoms with Crippen molar-refractivity contribution in [3.8, 4) is 0 Å². The van der Waals surface area contributed by atoms with Crippen molar-refractivity contribution in [2.24, 2.45) is 0 Å². The Bertz CT molecular complexity index is 885. The van der Waals surface area contributed by atoms with Gasteiger partial charge in [-0.25, -0.2) is 4.79 Å². The summed E-state index contributed by atoms with van der Waals surface area (Å²) >= 11 is 3.01. The largest absolute Gasteiger partial charge is 0.417 e. The highest BCUT2D eigenvalue weighted by Gasteiger charge is 2.34. The Kier molecular flexibility index (Phi) is 6.48. The van der Waals surface area contributed by atoms with E-state index < -0.39 is 11.7 Å². The number of nitrogens with one attached hydrogen (secondary N) is 1. The summed E-state index contributed by atoms with van der Waals surface area (Å²) in [6.45, 7) is 3.36. The van der Waals surface area contributed by atoms with Crippen molar-refractivity contribution < 1.29 is 17.9 Å². The predicted molar refractivity (Wildman–Crippen MR) is 106 cm³/mol. The average molecular weight is 485 g/mol. The molecule has 2 aromatic rings. The van der Waals surface area contributed by atoms with Gasteiger partial charge in [0.15, 0.2) is 0 Å². The number of aromatic nitrogens is 2. The number of benzene rings is 1.